The predicted octanol–water partition coefficient (Wildman–Crippen LogP) is 2.37. The molecule has 1 aromatic carbocycles. The highest BCUT2D eigenvalue weighted by Gasteiger charge is 2.02. The van der Waals surface area contributed by atoms with E-state index in [1.165, 1.54) is 0 Å². The number of ether oxygens (including phenoxy) is 1. The molecule has 1 atom stereocenters. The summed E-state index contributed by atoms with van der Waals surface area (Å²) in [6.45, 7) is 3.44. The molecule has 1 unspecified atom stereocenters. The summed E-state index contributed by atoms with van der Waals surface area (Å²) in [6, 6.07) is 9.36. The Kier molecular flexibility index (Phi) is 4.34. The van der Waals surface area contributed by atoms with E-state index in [0.29, 0.717) is 17.9 Å². The highest BCUT2D eigenvalue weighted by atomic mass is 16.5. The van der Waals surface area contributed by atoms with Gasteiger partial charge in [0, 0.05) is 6.42 Å². The maximum absolute atomic E-state index is 8.58. The Balaban J connectivity index is 2.65. The standard InChI is InChI=1S/C12H14N2O2/c1-9(14-15)7-11-3-5-12(6-4-11)16-10(2)8-13/h3-6,10,15H,7H2,1-2H3/b14-9+. The molecule has 4 nitrogen and oxygen atoms in total. The van der Waals surface area contributed by atoms with E-state index in [4.69, 9.17) is 15.2 Å². The van der Waals surface area contributed by atoms with Gasteiger partial charge in [-0.25, -0.2) is 0 Å². The molecule has 84 valence electrons. The zero-order chi connectivity index (χ0) is 12.0. The first-order valence-electron chi connectivity index (χ1n) is 4.98. The van der Waals surface area contributed by atoms with Crippen LogP contribution >= 0.6 is 0 Å². The number of hydrogen-bond donors (Lipinski definition) is 1. The van der Waals surface area contributed by atoms with Crippen LogP contribution in [-0.2, 0) is 6.42 Å². The molecule has 0 aromatic heterocycles. The fourth-order valence-corrected chi connectivity index (χ4v) is 1.25. The Bertz CT molecular complexity index is 404. The lowest BCUT2D eigenvalue weighted by molar-refractivity contribution is 0.276. The van der Waals surface area contributed by atoms with Crippen LogP contribution in [0.25, 0.3) is 0 Å². The molecule has 0 bridgehead atoms. The van der Waals surface area contributed by atoms with Crippen LogP contribution in [0.1, 0.15) is 19.4 Å². The lowest BCUT2D eigenvalue weighted by Crippen LogP contribution is -2.08. The molecular formula is C12H14N2O2. The zero-order valence-corrected chi connectivity index (χ0v) is 9.34. The largest absolute Gasteiger partial charge is 0.476 e. The first-order valence-corrected chi connectivity index (χ1v) is 4.98. The van der Waals surface area contributed by atoms with E-state index in [0.717, 1.165) is 5.56 Å². The third kappa shape index (κ3) is 3.62. The highest BCUT2D eigenvalue weighted by Crippen LogP contribution is 2.14. The van der Waals surface area contributed by atoms with Gasteiger partial charge in [-0.2, -0.15) is 5.26 Å². The SMILES string of the molecule is C/C(Cc1ccc(OC(C)C#N)cc1)=N\O. The molecule has 1 aromatic rings. The van der Waals surface area contributed by atoms with E-state index in [-0.39, 0.29) is 0 Å². The van der Waals surface area contributed by atoms with Crippen molar-refractivity contribution < 1.29 is 9.94 Å². The molecule has 0 fully saturated rings. The summed E-state index contributed by atoms with van der Waals surface area (Å²) >= 11 is 0. The van der Waals surface area contributed by atoms with Gasteiger partial charge >= 0.3 is 0 Å². The van der Waals surface area contributed by atoms with Crippen molar-refractivity contribution in [3.05, 3.63) is 29.8 Å². The molecular weight excluding hydrogens is 204 g/mol. The van der Waals surface area contributed by atoms with E-state index in [2.05, 4.69) is 5.16 Å². The molecule has 0 heterocycles. The van der Waals surface area contributed by atoms with E-state index in [1.54, 1.807) is 26.0 Å². The van der Waals surface area contributed by atoms with Crippen molar-refractivity contribution in [2.75, 3.05) is 0 Å². The van der Waals surface area contributed by atoms with Crippen molar-refractivity contribution in [3.8, 4) is 11.8 Å². The summed E-state index contributed by atoms with van der Waals surface area (Å²) in [5, 5.41) is 20.2. The number of rotatable bonds is 4. The Labute approximate surface area is 94.8 Å². The summed E-state index contributed by atoms with van der Waals surface area (Å²) in [5.41, 5.74) is 1.69. The van der Waals surface area contributed by atoms with Crippen molar-refractivity contribution in [1.82, 2.24) is 0 Å². The van der Waals surface area contributed by atoms with Gasteiger partial charge < -0.3 is 9.94 Å². The molecule has 0 spiro atoms. The van der Waals surface area contributed by atoms with E-state index in [1.807, 2.05) is 18.2 Å². The quantitative estimate of drug-likeness (QED) is 0.479. The summed E-state index contributed by atoms with van der Waals surface area (Å²) in [6.07, 6.45) is 0.150. The summed E-state index contributed by atoms with van der Waals surface area (Å²) in [4.78, 5) is 0. The predicted molar refractivity (Wildman–Crippen MR) is 60.7 cm³/mol. The lowest BCUT2D eigenvalue weighted by Gasteiger charge is -2.08. The van der Waals surface area contributed by atoms with Gasteiger partial charge in [0.15, 0.2) is 6.10 Å². The lowest BCUT2D eigenvalue weighted by atomic mass is 10.1. The van der Waals surface area contributed by atoms with Crippen LogP contribution in [0.15, 0.2) is 29.4 Å². The molecule has 16 heavy (non-hydrogen) atoms. The minimum atomic E-state index is -0.452. The molecule has 1 rings (SSSR count). The van der Waals surface area contributed by atoms with Gasteiger partial charge in [0.2, 0.25) is 0 Å². The van der Waals surface area contributed by atoms with E-state index < -0.39 is 6.10 Å². The van der Waals surface area contributed by atoms with Gasteiger partial charge in [0.25, 0.3) is 0 Å². The fourth-order valence-electron chi connectivity index (χ4n) is 1.25. The van der Waals surface area contributed by atoms with Crippen LogP contribution in [0.3, 0.4) is 0 Å². The molecule has 0 aliphatic rings. The molecule has 0 radical (unpaired) electrons. The van der Waals surface area contributed by atoms with E-state index >= 15 is 0 Å². The van der Waals surface area contributed by atoms with Crippen molar-refractivity contribution in [3.63, 3.8) is 0 Å². The van der Waals surface area contributed by atoms with Crippen LogP contribution in [0.2, 0.25) is 0 Å². The average Bonchev–Trinajstić information content (AvgIpc) is 2.31. The number of hydrogen-bond acceptors (Lipinski definition) is 4. The Morgan fingerprint density at radius 3 is 2.62 bits per heavy atom. The monoisotopic (exact) mass is 218 g/mol. The van der Waals surface area contributed by atoms with Crippen molar-refractivity contribution >= 4 is 5.71 Å². The zero-order valence-electron chi connectivity index (χ0n) is 9.34. The van der Waals surface area contributed by atoms with Crippen LogP contribution in [0.4, 0.5) is 0 Å². The molecule has 0 amide bonds. The summed E-state index contributed by atoms with van der Waals surface area (Å²) in [7, 11) is 0. The molecule has 4 heteroatoms. The first kappa shape index (κ1) is 12.1. The van der Waals surface area contributed by atoms with Crippen molar-refractivity contribution in [2.24, 2.45) is 5.16 Å². The number of benzene rings is 1. The highest BCUT2D eigenvalue weighted by molar-refractivity contribution is 5.83. The Morgan fingerprint density at radius 1 is 1.50 bits per heavy atom. The van der Waals surface area contributed by atoms with Crippen LogP contribution in [-0.4, -0.2) is 17.0 Å². The smallest absolute Gasteiger partial charge is 0.181 e. The Morgan fingerprint density at radius 2 is 2.12 bits per heavy atom. The first-order chi connectivity index (χ1) is 7.65. The molecule has 0 saturated heterocycles. The molecule has 1 N–H and O–H groups in total. The number of nitriles is 1. The second-order valence-corrected chi connectivity index (χ2v) is 3.55. The normalized spacial score (nSPS) is 12.9. The second-order valence-electron chi connectivity index (χ2n) is 3.55. The van der Waals surface area contributed by atoms with Crippen LogP contribution in [0.5, 0.6) is 5.75 Å². The maximum atomic E-state index is 8.58. The molecule has 0 aliphatic carbocycles. The topological polar surface area (TPSA) is 65.6 Å². The average molecular weight is 218 g/mol. The molecule has 0 saturated carbocycles. The third-order valence-corrected chi connectivity index (χ3v) is 2.05. The van der Waals surface area contributed by atoms with Crippen LogP contribution in [0, 0.1) is 11.3 Å². The molecule has 0 aliphatic heterocycles. The van der Waals surface area contributed by atoms with Gasteiger partial charge in [-0.15, -0.1) is 0 Å². The Hall–Kier alpha value is -2.02. The van der Waals surface area contributed by atoms with Gasteiger partial charge in [-0.05, 0) is 31.5 Å². The third-order valence-electron chi connectivity index (χ3n) is 2.05. The summed E-state index contributed by atoms with van der Waals surface area (Å²) in [5.74, 6) is 0.663. The summed E-state index contributed by atoms with van der Waals surface area (Å²) < 4.78 is 5.31. The van der Waals surface area contributed by atoms with Crippen LogP contribution < -0.4 is 4.74 Å². The fraction of sp³-hybridized carbons (Fsp3) is 0.333. The van der Waals surface area contributed by atoms with Gasteiger partial charge in [0.05, 0.1) is 5.71 Å². The number of oxime groups is 1. The van der Waals surface area contributed by atoms with Gasteiger partial charge in [-0.3, -0.25) is 0 Å². The van der Waals surface area contributed by atoms with E-state index in [9.17, 15) is 0 Å². The number of nitrogens with zero attached hydrogens (tertiary/aromatic N) is 2. The van der Waals surface area contributed by atoms with Gasteiger partial charge in [0.1, 0.15) is 11.8 Å². The minimum Gasteiger partial charge on any atom is -0.476 e. The van der Waals surface area contributed by atoms with Gasteiger partial charge in [-0.1, -0.05) is 17.3 Å². The van der Waals surface area contributed by atoms with Crippen molar-refractivity contribution in [2.45, 2.75) is 26.4 Å². The maximum Gasteiger partial charge on any atom is 0.181 e. The van der Waals surface area contributed by atoms with Crippen molar-refractivity contribution in [1.29, 1.82) is 5.26 Å². The minimum absolute atomic E-state index is 0.452. The second kappa shape index (κ2) is 5.76.